The van der Waals surface area contributed by atoms with Crippen molar-refractivity contribution in [3.05, 3.63) is 64.7 Å². The first-order chi connectivity index (χ1) is 12.2. The number of benzene rings is 1. The average molecular weight is 354 g/mol. The molecule has 0 radical (unpaired) electrons. The van der Waals surface area contributed by atoms with E-state index in [1.807, 2.05) is 28.8 Å². The maximum atomic E-state index is 10.7. The Kier molecular flexibility index (Phi) is 3.86. The normalized spacial score (nSPS) is 11.0. The molecule has 0 unspecified atom stereocenters. The van der Waals surface area contributed by atoms with Gasteiger partial charge in [0.1, 0.15) is 0 Å². The van der Waals surface area contributed by atoms with Gasteiger partial charge in [-0.3, -0.25) is 14.5 Å². The Morgan fingerprint density at radius 2 is 1.92 bits per heavy atom. The van der Waals surface area contributed by atoms with Gasteiger partial charge in [0, 0.05) is 23.9 Å². The largest absolute Gasteiger partial charge is 0.420 e. The molecule has 0 aliphatic heterocycles. The van der Waals surface area contributed by atoms with Gasteiger partial charge in [-0.05, 0) is 24.3 Å². The molecule has 0 spiro atoms. The second kappa shape index (κ2) is 6.32. The van der Waals surface area contributed by atoms with Crippen LogP contribution in [-0.2, 0) is 5.75 Å². The van der Waals surface area contributed by atoms with Crippen molar-refractivity contribution < 1.29 is 9.34 Å². The van der Waals surface area contributed by atoms with Crippen LogP contribution in [0.2, 0.25) is 0 Å². The van der Waals surface area contributed by atoms with E-state index in [1.54, 1.807) is 12.1 Å². The Bertz CT molecular complexity index is 1040. The van der Waals surface area contributed by atoms with Gasteiger partial charge >= 0.3 is 0 Å². The molecule has 10 heteroatoms. The molecule has 124 valence electrons. The standard InChI is InChI=1S/C15H10N6O3S/c22-21(23)11-6-4-10(5-7-11)14-18-17-13(24-14)9-25-15-19-16-12-3-1-2-8-20(12)15/h1-8H,9H2. The minimum absolute atomic E-state index is 0.0118. The molecule has 9 nitrogen and oxygen atoms in total. The molecule has 25 heavy (non-hydrogen) atoms. The van der Waals surface area contributed by atoms with E-state index in [9.17, 15) is 10.1 Å². The minimum Gasteiger partial charge on any atom is -0.420 e. The van der Waals surface area contributed by atoms with Gasteiger partial charge in [-0.25, -0.2) is 0 Å². The first-order valence-electron chi connectivity index (χ1n) is 7.20. The van der Waals surface area contributed by atoms with Crippen LogP contribution in [0.3, 0.4) is 0 Å². The lowest BCUT2D eigenvalue weighted by Gasteiger charge is -1.97. The summed E-state index contributed by atoms with van der Waals surface area (Å²) in [6.45, 7) is 0. The number of nitrogens with zero attached hydrogens (tertiary/aromatic N) is 6. The van der Waals surface area contributed by atoms with E-state index in [0.717, 1.165) is 10.8 Å². The summed E-state index contributed by atoms with van der Waals surface area (Å²) in [7, 11) is 0. The molecular weight excluding hydrogens is 344 g/mol. The number of nitro benzene ring substituents is 1. The van der Waals surface area contributed by atoms with Crippen molar-refractivity contribution in [2.24, 2.45) is 0 Å². The topological polar surface area (TPSA) is 112 Å². The van der Waals surface area contributed by atoms with Gasteiger partial charge in [0.25, 0.3) is 5.69 Å². The lowest BCUT2D eigenvalue weighted by molar-refractivity contribution is -0.384. The molecule has 0 atom stereocenters. The molecule has 0 N–H and O–H groups in total. The smallest absolute Gasteiger partial charge is 0.269 e. The summed E-state index contributed by atoms with van der Waals surface area (Å²) in [5.41, 5.74) is 1.40. The summed E-state index contributed by atoms with van der Waals surface area (Å²) in [5.74, 6) is 1.19. The molecule has 4 aromatic rings. The molecule has 0 aliphatic rings. The van der Waals surface area contributed by atoms with E-state index in [0.29, 0.717) is 23.1 Å². The number of hydrogen-bond acceptors (Lipinski definition) is 8. The van der Waals surface area contributed by atoms with E-state index in [2.05, 4.69) is 20.4 Å². The molecular formula is C15H10N6O3S. The fraction of sp³-hybridized carbons (Fsp3) is 0.0667. The van der Waals surface area contributed by atoms with Crippen molar-refractivity contribution in [3.8, 4) is 11.5 Å². The van der Waals surface area contributed by atoms with E-state index in [1.165, 1.54) is 23.9 Å². The predicted molar refractivity (Wildman–Crippen MR) is 88.9 cm³/mol. The summed E-state index contributed by atoms with van der Waals surface area (Å²) >= 11 is 1.43. The molecule has 0 amide bonds. The van der Waals surface area contributed by atoms with Crippen molar-refractivity contribution in [1.29, 1.82) is 0 Å². The zero-order valence-corrected chi connectivity index (χ0v) is 13.5. The van der Waals surface area contributed by atoms with E-state index in [4.69, 9.17) is 4.42 Å². The quantitative estimate of drug-likeness (QED) is 0.305. The third-order valence-electron chi connectivity index (χ3n) is 3.40. The highest BCUT2D eigenvalue weighted by atomic mass is 32.2. The highest BCUT2D eigenvalue weighted by Gasteiger charge is 2.13. The zero-order valence-electron chi connectivity index (χ0n) is 12.6. The predicted octanol–water partition coefficient (Wildman–Crippen LogP) is 2.98. The van der Waals surface area contributed by atoms with Gasteiger partial charge in [0.2, 0.25) is 11.8 Å². The van der Waals surface area contributed by atoms with Gasteiger partial charge in [0.15, 0.2) is 10.8 Å². The molecule has 0 fully saturated rings. The molecule has 0 aliphatic carbocycles. The van der Waals surface area contributed by atoms with Crippen LogP contribution in [0.5, 0.6) is 0 Å². The van der Waals surface area contributed by atoms with Crippen molar-refractivity contribution in [2.45, 2.75) is 10.9 Å². The molecule has 1 aromatic carbocycles. The van der Waals surface area contributed by atoms with Gasteiger partial charge < -0.3 is 4.42 Å². The highest BCUT2D eigenvalue weighted by Crippen LogP contribution is 2.25. The number of rotatable bonds is 5. The van der Waals surface area contributed by atoms with E-state index >= 15 is 0 Å². The van der Waals surface area contributed by atoms with Crippen LogP contribution in [0.25, 0.3) is 17.1 Å². The van der Waals surface area contributed by atoms with Crippen molar-refractivity contribution in [3.63, 3.8) is 0 Å². The van der Waals surface area contributed by atoms with Crippen LogP contribution in [0.1, 0.15) is 5.89 Å². The summed E-state index contributed by atoms with van der Waals surface area (Å²) in [6, 6.07) is 11.6. The van der Waals surface area contributed by atoms with Crippen molar-refractivity contribution >= 4 is 23.1 Å². The van der Waals surface area contributed by atoms with Crippen molar-refractivity contribution in [2.75, 3.05) is 0 Å². The summed E-state index contributed by atoms with van der Waals surface area (Å²) in [6.07, 6.45) is 1.88. The van der Waals surface area contributed by atoms with Crippen LogP contribution < -0.4 is 0 Å². The number of thioether (sulfide) groups is 1. The van der Waals surface area contributed by atoms with E-state index < -0.39 is 4.92 Å². The van der Waals surface area contributed by atoms with Gasteiger partial charge in [-0.15, -0.1) is 20.4 Å². The molecule has 3 aromatic heterocycles. The van der Waals surface area contributed by atoms with Crippen LogP contribution in [0, 0.1) is 10.1 Å². The Labute approximate surface area is 144 Å². The fourth-order valence-corrected chi connectivity index (χ4v) is 2.96. The number of hydrogen-bond donors (Lipinski definition) is 0. The first kappa shape index (κ1) is 15.3. The Balaban J connectivity index is 1.49. The maximum Gasteiger partial charge on any atom is 0.269 e. The Morgan fingerprint density at radius 1 is 1.08 bits per heavy atom. The molecule has 4 rings (SSSR count). The van der Waals surface area contributed by atoms with Crippen LogP contribution in [0.4, 0.5) is 5.69 Å². The monoisotopic (exact) mass is 354 g/mol. The highest BCUT2D eigenvalue weighted by molar-refractivity contribution is 7.98. The van der Waals surface area contributed by atoms with Crippen LogP contribution in [0.15, 0.2) is 58.2 Å². The average Bonchev–Trinajstić information content (AvgIpc) is 3.27. The SMILES string of the molecule is O=[N+]([O-])c1ccc(-c2nnc(CSc3nnc4ccccn34)o2)cc1. The first-order valence-corrected chi connectivity index (χ1v) is 8.19. The van der Waals surface area contributed by atoms with Crippen molar-refractivity contribution in [1.82, 2.24) is 24.8 Å². The summed E-state index contributed by atoms with van der Waals surface area (Å²) in [4.78, 5) is 10.2. The Morgan fingerprint density at radius 3 is 2.72 bits per heavy atom. The number of non-ortho nitro benzene ring substituents is 1. The van der Waals surface area contributed by atoms with Crippen LogP contribution >= 0.6 is 11.8 Å². The maximum absolute atomic E-state index is 10.7. The number of nitro groups is 1. The number of fused-ring (bicyclic) bond motifs is 1. The molecule has 0 saturated carbocycles. The third-order valence-corrected chi connectivity index (χ3v) is 4.33. The molecule has 0 saturated heterocycles. The lowest BCUT2D eigenvalue weighted by Crippen LogP contribution is -1.87. The van der Waals surface area contributed by atoms with Gasteiger partial charge in [-0.1, -0.05) is 17.8 Å². The lowest BCUT2D eigenvalue weighted by atomic mass is 10.2. The number of pyridine rings is 1. The Hall–Kier alpha value is -3.27. The molecule has 3 heterocycles. The summed E-state index contributed by atoms with van der Waals surface area (Å²) in [5, 5.41) is 27.6. The molecule has 0 bridgehead atoms. The zero-order chi connectivity index (χ0) is 17.2. The third kappa shape index (κ3) is 3.06. The van der Waals surface area contributed by atoms with Gasteiger partial charge in [-0.2, -0.15) is 0 Å². The second-order valence-corrected chi connectivity index (χ2v) is 5.95. The van der Waals surface area contributed by atoms with Crippen LogP contribution in [-0.4, -0.2) is 29.7 Å². The second-order valence-electron chi connectivity index (χ2n) is 5.01. The fourth-order valence-electron chi connectivity index (χ4n) is 2.20. The number of aromatic nitrogens is 5. The van der Waals surface area contributed by atoms with E-state index in [-0.39, 0.29) is 5.69 Å². The van der Waals surface area contributed by atoms with Gasteiger partial charge in [0.05, 0.1) is 10.7 Å². The summed E-state index contributed by atoms with van der Waals surface area (Å²) < 4.78 is 7.48. The minimum atomic E-state index is -0.456.